The van der Waals surface area contributed by atoms with Gasteiger partial charge in [0.1, 0.15) is 11.6 Å². The molecule has 3 aliphatic carbocycles. The Labute approximate surface area is 185 Å². The highest BCUT2D eigenvalue weighted by Crippen LogP contribution is 2.65. The number of hydrogen-bond acceptors (Lipinski definition) is 6. The number of hydrogen-bond donors (Lipinski definition) is 2. The quantitative estimate of drug-likeness (QED) is 0.658. The molecule has 5 fully saturated rings. The van der Waals surface area contributed by atoms with E-state index >= 15 is 0 Å². The third-order valence-corrected chi connectivity index (χ3v) is 7.99. The normalized spacial score (nSPS) is 39.5. The lowest BCUT2D eigenvalue weighted by molar-refractivity contribution is -0.199. The molecule has 2 bridgehead atoms. The molecule has 2 N–H and O–H groups in total. The molecule has 31 heavy (non-hydrogen) atoms. The molecular weight excluding hydrogens is 399 g/mol. The summed E-state index contributed by atoms with van der Waals surface area (Å²) in [6.45, 7) is 13.9. The van der Waals surface area contributed by atoms with Crippen molar-refractivity contribution in [3.8, 4) is 0 Å². The zero-order valence-corrected chi connectivity index (χ0v) is 19.8. The fourth-order valence-electron chi connectivity index (χ4n) is 6.21. The largest absolute Gasteiger partial charge is 0.482 e. The Kier molecular flexibility index (Phi) is 5.42. The van der Waals surface area contributed by atoms with Gasteiger partial charge in [-0.3, -0.25) is 4.79 Å². The molecule has 0 radical (unpaired) electrons. The van der Waals surface area contributed by atoms with Crippen LogP contribution in [0.25, 0.3) is 0 Å². The van der Waals surface area contributed by atoms with Crippen molar-refractivity contribution < 1.29 is 28.7 Å². The highest BCUT2D eigenvalue weighted by Gasteiger charge is 2.69. The van der Waals surface area contributed by atoms with E-state index < -0.39 is 31.0 Å². The van der Waals surface area contributed by atoms with Crippen molar-refractivity contribution in [3.05, 3.63) is 0 Å². The fraction of sp³-hybridized carbons (Fsp3) is 0.909. The Morgan fingerprint density at radius 1 is 1.23 bits per heavy atom. The van der Waals surface area contributed by atoms with Crippen LogP contribution in [0.15, 0.2) is 0 Å². The Hall–Kier alpha value is -1.32. The van der Waals surface area contributed by atoms with E-state index in [2.05, 4.69) is 26.1 Å². The molecule has 0 aromatic carbocycles. The smallest absolute Gasteiger partial charge is 0.444 e. The molecule has 2 amide bonds. The summed E-state index contributed by atoms with van der Waals surface area (Å²) in [6, 6.07) is -0.784. The van der Waals surface area contributed by atoms with Gasteiger partial charge in [0.05, 0.1) is 23.8 Å². The van der Waals surface area contributed by atoms with Crippen LogP contribution in [0.4, 0.5) is 4.79 Å². The molecule has 0 spiro atoms. The Bertz CT molecular complexity index is 755. The number of carbonyl (C=O) groups is 2. The van der Waals surface area contributed by atoms with Gasteiger partial charge in [-0.05, 0) is 71.1 Å². The lowest BCUT2D eigenvalue weighted by Gasteiger charge is -2.64. The van der Waals surface area contributed by atoms with Gasteiger partial charge in [0.25, 0.3) is 0 Å². The van der Waals surface area contributed by atoms with Crippen molar-refractivity contribution in [2.45, 2.75) is 103 Å². The van der Waals surface area contributed by atoms with Crippen molar-refractivity contribution >= 4 is 19.1 Å². The van der Waals surface area contributed by atoms with E-state index in [0.29, 0.717) is 18.3 Å². The van der Waals surface area contributed by atoms with E-state index in [4.69, 9.17) is 14.0 Å². The number of aliphatic hydroxyl groups is 1. The van der Waals surface area contributed by atoms with Crippen LogP contribution >= 0.6 is 0 Å². The number of rotatable bonds is 3. The van der Waals surface area contributed by atoms with Crippen LogP contribution in [-0.4, -0.2) is 71.1 Å². The summed E-state index contributed by atoms with van der Waals surface area (Å²) in [5.74, 6) is 0.414. The number of nitrogens with one attached hydrogen (secondary N) is 1. The molecule has 2 aliphatic heterocycles. The second kappa shape index (κ2) is 7.35. The first-order valence-corrected chi connectivity index (χ1v) is 11.5. The summed E-state index contributed by atoms with van der Waals surface area (Å²) < 4.78 is 18.2. The number of alkyl carbamates (subject to hydrolysis) is 1. The topological polar surface area (TPSA) is 97.3 Å². The highest BCUT2D eigenvalue weighted by atomic mass is 16.7. The third kappa shape index (κ3) is 3.87. The Balaban J connectivity index is 1.44. The van der Waals surface area contributed by atoms with Gasteiger partial charge in [-0.25, -0.2) is 4.79 Å². The van der Waals surface area contributed by atoms with E-state index in [0.717, 1.165) is 12.8 Å². The van der Waals surface area contributed by atoms with E-state index in [9.17, 15) is 14.7 Å². The standard InChI is InChI=1S/C22H37BN2O6/c1-12(24-19(28)29-20(2,3)4)18(27)25-11-14(26)10-17(25)23-30-16-9-13-8-15(21(13,5)6)22(16,7)31-23/h12-17,26H,8-11H2,1-7H3,(H,24,28)/t12-,13-,14+,15-,16+,17-,22-/m0/s1. The average molecular weight is 436 g/mol. The monoisotopic (exact) mass is 436 g/mol. The summed E-state index contributed by atoms with van der Waals surface area (Å²) in [4.78, 5) is 26.9. The van der Waals surface area contributed by atoms with Gasteiger partial charge in [-0.1, -0.05) is 13.8 Å². The molecule has 2 heterocycles. The van der Waals surface area contributed by atoms with Crippen LogP contribution in [0.3, 0.4) is 0 Å². The van der Waals surface area contributed by atoms with E-state index in [-0.39, 0.29) is 35.5 Å². The molecule has 5 rings (SSSR count). The number of ether oxygens (including phenoxy) is 1. The van der Waals surface area contributed by atoms with Crippen LogP contribution in [-0.2, 0) is 18.8 Å². The van der Waals surface area contributed by atoms with Gasteiger partial charge in [-0.15, -0.1) is 0 Å². The SMILES string of the molecule is C[C@H](NC(=O)OC(C)(C)C)C(=O)N1C[C@H](O)C[C@H]1B1O[C@@H]2C[C@@H]3C[C@@H](C3(C)C)[C@]2(C)O1. The summed E-state index contributed by atoms with van der Waals surface area (Å²) in [5.41, 5.74) is -0.781. The van der Waals surface area contributed by atoms with Crippen molar-refractivity contribution in [1.82, 2.24) is 10.2 Å². The molecule has 3 saturated carbocycles. The minimum Gasteiger partial charge on any atom is -0.444 e. The highest BCUT2D eigenvalue weighted by molar-refractivity contribution is 6.48. The molecule has 2 saturated heterocycles. The van der Waals surface area contributed by atoms with E-state index in [1.54, 1.807) is 32.6 Å². The van der Waals surface area contributed by atoms with Gasteiger partial charge in [-0.2, -0.15) is 0 Å². The average Bonchev–Trinajstić information content (AvgIpc) is 3.18. The first kappa shape index (κ1) is 22.9. The van der Waals surface area contributed by atoms with Crippen molar-refractivity contribution in [2.75, 3.05) is 6.54 Å². The lowest BCUT2D eigenvalue weighted by Crippen LogP contribution is -2.65. The van der Waals surface area contributed by atoms with Gasteiger partial charge < -0.3 is 29.4 Å². The molecule has 9 heteroatoms. The minimum absolute atomic E-state index is 0.0151. The summed E-state index contributed by atoms with van der Waals surface area (Å²) in [7, 11) is -0.569. The number of carbonyl (C=O) groups excluding carboxylic acids is 2. The number of amides is 2. The van der Waals surface area contributed by atoms with Crippen LogP contribution in [0.1, 0.15) is 67.7 Å². The Morgan fingerprint density at radius 2 is 1.90 bits per heavy atom. The van der Waals surface area contributed by atoms with Gasteiger partial charge >= 0.3 is 13.2 Å². The zero-order chi connectivity index (χ0) is 22.9. The lowest BCUT2D eigenvalue weighted by atomic mass is 9.43. The summed E-state index contributed by atoms with van der Waals surface area (Å²) >= 11 is 0. The predicted molar refractivity (Wildman–Crippen MR) is 115 cm³/mol. The van der Waals surface area contributed by atoms with Crippen molar-refractivity contribution in [2.24, 2.45) is 17.3 Å². The number of aliphatic hydroxyl groups excluding tert-OH is 1. The van der Waals surface area contributed by atoms with Crippen LogP contribution in [0, 0.1) is 17.3 Å². The van der Waals surface area contributed by atoms with Crippen LogP contribution < -0.4 is 5.32 Å². The van der Waals surface area contributed by atoms with Gasteiger partial charge in [0.2, 0.25) is 5.91 Å². The molecule has 0 unspecified atom stereocenters. The molecule has 174 valence electrons. The van der Waals surface area contributed by atoms with Crippen molar-refractivity contribution in [1.29, 1.82) is 0 Å². The number of nitrogens with zero attached hydrogens (tertiary/aromatic N) is 1. The maximum atomic E-state index is 13.2. The molecule has 5 aliphatic rings. The van der Waals surface area contributed by atoms with Crippen molar-refractivity contribution in [3.63, 3.8) is 0 Å². The summed E-state index contributed by atoms with van der Waals surface area (Å²) in [6.07, 6.45) is 1.25. The first-order chi connectivity index (χ1) is 14.2. The maximum Gasteiger partial charge on any atom is 0.482 e. The maximum absolute atomic E-state index is 13.2. The fourth-order valence-corrected chi connectivity index (χ4v) is 6.21. The van der Waals surface area contributed by atoms with Crippen LogP contribution in [0.5, 0.6) is 0 Å². The van der Waals surface area contributed by atoms with Gasteiger partial charge in [0, 0.05) is 6.54 Å². The predicted octanol–water partition coefficient (Wildman–Crippen LogP) is 2.13. The van der Waals surface area contributed by atoms with Crippen LogP contribution in [0.2, 0.25) is 0 Å². The van der Waals surface area contributed by atoms with E-state index in [1.165, 1.54) is 0 Å². The summed E-state index contributed by atoms with van der Waals surface area (Å²) in [5, 5.41) is 13.0. The molecular formula is C22H37BN2O6. The first-order valence-electron chi connectivity index (χ1n) is 11.5. The second-order valence-corrected chi connectivity index (χ2v) is 11.7. The molecule has 7 atom stereocenters. The Morgan fingerprint density at radius 3 is 2.52 bits per heavy atom. The van der Waals surface area contributed by atoms with Gasteiger partial charge in [0.15, 0.2) is 0 Å². The minimum atomic E-state index is -0.784. The molecule has 8 nitrogen and oxygen atoms in total. The molecule has 0 aromatic heterocycles. The van der Waals surface area contributed by atoms with E-state index in [1.807, 2.05) is 0 Å². The number of likely N-dealkylation sites (tertiary alicyclic amines) is 1. The molecule has 0 aromatic rings. The zero-order valence-electron chi connectivity index (χ0n) is 19.8. The second-order valence-electron chi connectivity index (χ2n) is 11.7. The number of β-amino-alcohol motifs (C(OH)–C–C–N with tert-alkyl or cyclic N) is 1. The third-order valence-electron chi connectivity index (χ3n) is 7.99.